The number of halogens is 2. The van der Waals surface area contributed by atoms with Gasteiger partial charge in [-0.05, 0) is 6.07 Å². The average molecular weight is 249 g/mol. The van der Waals surface area contributed by atoms with E-state index in [-0.39, 0.29) is 5.92 Å². The molecule has 12 heavy (non-hydrogen) atoms. The summed E-state index contributed by atoms with van der Waals surface area (Å²) in [6.07, 6.45) is 2.46. The molecule has 1 aromatic rings. The summed E-state index contributed by atoms with van der Waals surface area (Å²) in [6, 6.07) is 3.57. The van der Waals surface area contributed by atoms with Crippen LogP contribution in [0.3, 0.4) is 0 Å². The van der Waals surface area contributed by atoms with Crippen molar-refractivity contribution >= 4 is 33.8 Å². The van der Waals surface area contributed by atoms with E-state index < -0.39 is 0 Å². The minimum atomic E-state index is -0.203. The lowest BCUT2D eigenvalue weighted by atomic mass is 10.1. The lowest BCUT2D eigenvalue weighted by Gasteiger charge is -2.06. The number of hydrogen-bond donors (Lipinski definition) is 0. The molecule has 1 aromatic heterocycles. The Labute approximate surface area is 84.1 Å². The van der Waals surface area contributed by atoms with Gasteiger partial charge < -0.3 is 4.79 Å². The highest BCUT2D eigenvalue weighted by molar-refractivity contribution is 9.09. The highest BCUT2D eigenvalue weighted by atomic mass is 79.9. The van der Waals surface area contributed by atoms with E-state index in [1.807, 2.05) is 0 Å². The zero-order valence-electron chi connectivity index (χ0n) is 6.21. The van der Waals surface area contributed by atoms with Crippen LogP contribution in [-0.4, -0.2) is 16.6 Å². The number of hydrogen-bond acceptors (Lipinski definition) is 2. The van der Waals surface area contributed by atoms with Crippen molar-refractivity contribution in [2.24, 2.45) is 0 Å². The summed E-state index contributed by atoms with van der Waals surface area (Å²) >= 11 is 9.01. The van der Waals surface area contributed by atoms with Crippen LogP contribution < -0.4 is 0 Å². The molecule has 0 saturated carbocycles. The molecule has 1 rings (SSSR count). The van der Waals surface area contributed by atoms with E-state index in [4.69, 9.17) is 11.6 Å². The maximum atomic E-state index is 10.6. The molecular formula is C8H7BrClNO. The third-order valence-corrected chi connectivity index (χ3v) is 2.53. The van der Waals surface area contributed by atoms with Crippen molar-refractivity contribution in [3.05, 3.63) is 29.0 Å². The first-order chi connectivity index (χ1) is 5.79. The third-order valence-electron chi connectivity index (χ3n) is 1.52. The van der Waals surface area contributed by atoms with Gasteiger partial charge in [0, 0.05) is 17.1 Å². The van der Waals surface area contributed by atoms with Gasteiger partial charge in [0.25, 0.3) is 0 Å². The normalized spacial score (nSPS) is 12.5. The van der Waals surface area contributed by atoms with Gasteiger partial charge in [-0.15, -0.1) is 0 Å². The number of carbonyl (C=O) groups is 1. The van der Waals surface area contributed by atoms with Crippen LogP contribution in [0.15, 0.2) is 18.3 Å². The summed E-state index contributed by atoms with van der Waals surface area (Å²) in [5.74, 6) is -0.203. The lowest BCUT2D eigenvalue weighted by molar-refractivity contribution is -0.108. The van der Waals surface area contributed by atoms with Crippen LogP contribution in [0.4, 0.5) is 0 Å². The molecule has 0 amide bonds. The van der Waals surface area contributed by atoms with Crippen LogP contribution in [0.5, 0.6) is 0 Å². The standard InChI is InChI=1S/C8H7BrClNO/c9-4-6(5-12)7-2-1-3-11-8(7)10/h1-3,5-6H,4H2. The summed E-state index contributed by atoms with van der Waals surface area (Å²) in [5.41, 5.74) is 0.769. The molecule has 4 heteroatoms. The summed E-state index contributed by atoms with van der Waals surface area (Å²) in [7, 11) is 0. The van der Waals surface area contributed by atoms with E-state index >= 15 is 0 Å². The first-order valence-electron chi connectivity index (χ1n) is 3.41. The molecule has 0 fully saturated rings. The molecule has 64 valence electrons. The summed E-state index contributed by atoms with van der Waals surface area (Å²) in [4.78, 5) is 14.5. The number of alkyl halides is 1. The van der Waals surface area contributed by atoms with Crippen LogP contribution in [0.2, 0.25) is 5.15 Å². The summed E-state index contributed by atoms with van der Waals surface area (Å²) in [6.45, 7) is 0. The predicted octanol–water partition coefficient (Wildman–Crippen LogP) is 2.41. The quantitative estimate of drug-likeness (QED) is 0.467. The van der Waals surface area contributed by atoms with Crippen molar-refractivity contribution in [1.29, 1.82) is 0 Å². The molecule has 0 spiro atoms. The second-order valence-electron chi connectivity index (χ2n) is 2.28. The van der Waals surface area contributed by atoms with Gasteiger partial charge in [-0.1, -0.05) is 33.6 Å². The molecule has 0 aliphatic heterocycles. The Morgan fingerprint density at radius 1 is 1.75 bits per heavy atom. The fraction of sp³-hybridized carbons (Fsp3) is 0.250. The van der Waals surface area contributed by atoms with Gasteiger partial charge in [-0.2, -0.15) is 0 Å². The van der Waals surface area contributed by atoms with Crippen molar-refractivity contribution in [1.82, 2.24) is 4.98 Å². The second kappa shape index (κ2) is 4.58. The molecule has 1 unspecified atom stereocenters. The average Bonchev–Trinajstić information content (AvgIpc) is 2.10. The zero-order chi connectivity index (χ0) is 8.97. The monoisotopic (exact) mass is 247 g/mol. The van der Waals surface area contributed by atoms with Crippen LogP contribution in [0.25, 0.3) is 0 Å². The van der Waals surface area contributed by atoms with E-state index in [1.54, 1.807) is 18.3 Å². The van der Waals surface area contributed by atoms with Crippen molar-refractivity contribution in [3.8, 4) is 0 Å². The first-order valence-corrected chi connectivity index (χ1v) is 4.91. The molecular weight excluding hydrogens is 241 g/mol. The largest absolute Gasteiger partial charge is 0.303 e. The Morgan fingerprint density at radius 3 is 3.00 bits per heavy atom. The van der Waals surface area contributed by atoms with E-state index in [0.29, 0.717) is 10.5 Å². The smallest absolute Gasteiger partial charge is 0.132 e. The van der Waals surface area contributed by atoms with E-state index in [9.17, 15) is 4.79 Å². The van der Waals surface area contributed by atoms with E-state index in [0.717, 1.165) is 11.8 Å². The van der Waals surface area contributed by atoms with Gasteiger partial charge in [0.05, 0.1) is 5.92 Å². The Morgan fingerprint density at radius 2 is 2.50 bits per heavy atom. The molecule has 0 radical (unpaired) electrons. The molecule has 0 aromatic carbocycles. The van der Waals surface area contributed by atoms with Crippen LogP contribution in [0.1, 0.15) is 11.5 Å². The van der Waals surface area contributed by atoms with Gasteiger partial charge in [0.2, 0.25) is 0 Å². The number of carbonyl (C=O) groups excluding carboxylic acids is 1. The SMILES string of the molecule is O=CC(CBr)c1cccnc1Cl. The minimum absolute atomic E-state index is 0.203. The van der Waals surface area contributed by atoms with Crippen LogP contribution in [0, 0.1) is 0 Å². The Kier molecular flexibility index (Phi) is 3.69. The zero-order valence-corrected chi connectivity index (χ0v) is 8.55. The van der Waals surface area contributed by atoms with Gasteiger partial charge in [0.1, 0.15) is 11.4 Å². The Balaban J connectivity index is 3.00. The van der Waals surface area contributed by atoms with Gasteiger partial charge in [-0.3, -0.25) is 0 Å². The van der Waals surface area contributed by atoms with Crippen molar-refractivity contribution in [2.45, 2.75) is 5.92 Å². The lowest BCUT2D eigenvalue weighted by Crippen LogP contribution is -2.02. The van der Waals surface area contributed by atoms with E-state index in [1.165, 1.54) is 0 Å². The fourth-order valence-corrected chi connectivity index (χ4v) is 1.63. The molecule has 0 aliphatic rings. The molecule has 0 bridgehead atoms. The van der Waals surface area contributed by atoms with Crippen molar-refractivity contribution in [2.75, 3.05) is 5.33 Å². The summed E-state index contributed by atoms with van der Waals surface area (Å²) < 4.78 is 0. The molecule has 0 aliphatic carbocycles. The van der Waals surface area contributed by atoms with Gasteiger partial charge >= 0.3 is 0 Å². The molecule has 0 saturated heterocycles. The predicted molar refractivity (Wildman–Crippen MR) is 51.8 cm³/mol. The minimum Gasteiger partial charge on any atom is -0.303 e. The first kappa shape index (κ1) is 9.68. The molecule has 0 N–H and O–H groups in total. The number of pyridine rings is 1. The maximum Gasteiger partial charge on any atom is 0.132 e. The number of aromatic nitrogens is 1. The fourth-order valence-electron chi connectivity index (χ4n) is 0.868. The second-order valence-corrected chi connectivity index (χ2v) is 3.29. The molecule has 1 heterocycles. The topological polar surface area (TPSA) is 30.0 Å². The molecule has 2 nitrogen and oxygen atoms in total. The van der Waals surface area contributed by atoms with Crippen molar-refractivity contribution in [3.63, 3.8) is 0 Å². The van der Waals surface area contributed by atoms with E-state index in [2.05, 4.69) is 20.9 Å². The molecule has 1 atom stereocenters. The van der Waals surface area contributed by atoms with Crippen LogP contribution in [-0.2, 0) is 4.79 Å². The highest BCUT2D eigenvalue weighted by Crippen LogP contribution is 2.21. The van der Waals surface area contributed by atoms with Crippen LogP contribution >= 0.6 is 27.5 Å². The Bertz CT molecular complexity index is 280. The van der Waals surface area contributed by atoms with Gasteiger partial charge in [0.15, 0.2) is 0 Å². The number of aldehydes is 1. The summed E-state index contributed by atoms with van der Waals surface area (Å²) in [5, 5.41) is 0.969. The maximum absolute atomic E-state index is 10.6. The number of nitrogens with zero attached hydrogens (tertiary/aromatic N) is 1. The van der Waals surface area contributed by atoms with Gasteiger partial charge in [-0.25, -0.2) is 4.98 Å². The Hall–Kier alpha value is -0.410. The number of rotatable bonds is 3. The van der Waals surface area contributed by atoms with Crippen molar-refractivity contribution < 1.29 is 4.79 Å². The highest BCUT2D eigenvalue weighted by Gasteiger charge is 2.12. The third kappa shape index (κ3) is 2.05.